The van der Waals surface area contributed by atoms with Gasteiger partial charge in [-0.3, -0.25) is 9.80 Å². The molecule has 22 heavy (non-hydrogen) atoms. The maximum absolute atomic E-state index is 10.3. The molecule has 3 rings (SSSR count). The van der Waals surface area contributed by atoms with Gasteiger partial charge in [-0.15, -0.1) is 0 Å². The number of hydrogen-bond donors (Lipinski definition) is 1. The lowest BCUT2D eigenvalue weighted by Crippen LogP contribution is -2.56. The summed E-state index contributed by atoms with van der Waals surface area (Å²) in [7, 11) is 0. The van der Waals surface area contributed by atoms with Crippen LogP contribution >= 0.6 is 0 Å². The fourth-order valence-electron chi connectivity index (χ4n) is 3.72. The zero-order valence-corrected chi connectivity index (χ0v) is 13.7. The van der Waals surface area contributed by atoms with Gasteiger partial charge in [0.1, 0.15) is 18.5 Å². The fourth-order valence-corrected chi connectivity index (χ4v) is 3.72. The predicted molar refractivity (Wildman–Crippen MR) is 88.3 cm³/mol. The number of aryl methyl sites for hydroxylation is 1. The Morgan fingerprint density at radius 2 is 2.23 bits per heavy atom. The highest BCUT2D eigenvalue weighted by atomic mass is 16.5. The summed E-state index contributed by atoms with van der Waals surface area (Å²) in [5.74, 6) is 0.840. The molecule has 0 aliphatic carbocycles. The van der Waals surface area contributed by atoms with Crippen LogP contribution in [-0.4, -0.2) is 65.9 Å². The Morgan fingerprint density at radius 1 is 1.36 bits per heavy atom. The molecule has 122 valence electrons. The number of nitrogens with zero attached hydrogens (tertiary/aromatic N) is 2. The molecule has 0 saturated carbocycles. The summed E-state index contributed by atoms with van der Waals surface area (Å²) in [5.41, 5.74) is 1.18. The summed E-state index contributed by atoms with van der Waals surface area (Å²) in [5, 5.41) is 10.3. The first-order valence-electron chi connectivity index (χ1n) is 8.47. The van der Waals surface area contributed by atoms with Crippen LogP contribution in [0.1, 0.15) is 25.3 Å². The van der Waals surface area contributed by atoms with E-state index in [1.807, 2.05) is 31.2 Å². The van der Waals surface area contributed by atoms with E-state index < -0.39 is 6.10 Å². The molecule has 2 saturated heterocycles. The molecule has 2 fully saturated rings. The third-order valence-electron chi connectivity index (χ3n) is 4.94. The number of benzene rings is 1. The second kappa shape index (κ2) is 6.99. The van der Waals surface area contributed by atoms with Gasteiger partial charge in [0.15, 0.2) is 0 Å². The molecule has 0 amide bonds. The van der Waals surface area contributed by atoms with Crippen molar-refractivity contribution < 1.29 is 9.84 Å². The average molecular weight is 304 g/mol. The largest absolute Gasteiger partial charge is 0.491 e. The van der Waals surface area contributed by atoms with Crippen LogP contribution in [0.3, 0.4) is 0 Å². The highest BCUT2D eigenvalue weighted by Gasteiger charge is 2.34. The molecule has 1 aromatic carbocycles. The minimum atomic E-state index is -0.434. The van der Waals surface area contributed by atoms with Crippen molar-refractivity contribution in [1.29, 1.82) is 0 Å². The number of fused-ring (bicyclic) bond motifs is 1. The molecule has 0 bridgehead atoms. The van der Waals surface area contributed by atoms with Gasteiger partial charge in [0.05, 0.1) is 0 Å². The van der Waals surface area contributed by atoms with Crippen molar-refractivity contribution in [3.8, 4) is 5.75 Å². The van der Waals surface area contributed by atoms with Gasteiger partial charge in [-0.2, -0.15) is 0 Å². The lowest BCUT2D eigenvalue weighted by molar-refractivity contribution is 0.00900. The molecule has 0 spiro atoms. The van der Waals surface area contributed by atoms with Crippen LogP contribution in [0.15, 0.2) is 24.3 Å². The SMILES string of the molecule is Cc1cccc(OC[C@H](O)CN2C[C@@H]3CCCN3C[C@@H]2C)c1. The molecule has 4 nitrogen and oxygen atoms in total. The standard InChI is InChI=1S/C18H28N2O2/c1-14-5-3-7-18(9-14)22-13-17(21)12-20-11-16-6-4-8-19(16)10-15(20)2/h3,5,7,9,15-17,21H,4,6,8,10-13H2,1-2H3/t15-,16-,17+/m0/s1. The number of hydrogen-bond acceptors (Lipinski definition) is 4. The first-order chi connectivity index (χ1) is 10.6. The molecule has 2 aliphatic rings. The molecule has 1 N–H and O–H groups in total. The molecule has 2 aliphatic heterocycles. The van der Waals surface area contributed by atoms with Gasteiger partial charge < -0.3 is 9.84 Å². The van der Waals surface area contributed by atoms with Gasteiger partial charge in [-0.1, -0.05) is 12.1 Å². The van der Waals surface area contributed by atoms with E-state index in [4.69, 9.17) is 4.74 Å². The van der Waals surface area contributed by atoms with Gasteiger partial charge in [0.25, 0.3) is 0 Å². The summed E-state index contributed by atoms with van der Waals surface area (Å²) in [6.45, 7) is 8.85. The van der Waals surface area contributed by atoms with Crippen molar-refractivity contribution in [2.75, 3.05) is 32.8 Å². The molecular weight excluding hydrogens is 276 g/mol. The molecule has 1 aromatic rings. The van der Waals surface area contributed by atoms with E-state index in [0.717, 1.165) is 18.8 Å². The average Bonchev–Trinajstić information content (AvgIpc) is 2.93. The van der Waals surface area contributed by atoms with E-state index in [1.165, 1.54) is 24.9 Å². The maximum atomic E-state index is 10.3. The number of β-amino-alcohol motifs (C(OH)–C–C–N with tert-alkyl or cyclic N) is 1. The van der Waals surface area contributed by atoms with Gasteiger partial charge in [-0.25, -0.2) is 0 Å². The Balaban J connectivity index is 1.47. The van der Waals surface area contributed by atoms with Gasteiger partial charge in [-0.05, 0) is 50.9 Å². The molecular formula is C18H28N2O2. The van der Waals surface area contributed by atoms with Crippen LogP contribution in [0.4, 0.5) is 0 Å². The second-order valence-corrected chi connectivity index (χ2v) is 6.88. The van der Waals surface area contributed by atoms with E-state index in [0.29, 0.717) is 25.2 Å². The lowest BCUT2D eigenvalue weighted by Gasteiger charge is -2.43. The third kappa shape index (κ3) is 3.80. The van der Waals surface area contributed by atoms with Gasteiger partial charge >= 0.3 is 0 Å². The zero-order valence-electron chi connectivity index (χ0n) is 13.7. The second-order valence-electron chi connectivity index (χ2n) is 6.88. The van der Waals surface area contributed by atoms with Crippen molar-refractivity contribution in [1.82, 2.24) is 9.80 Å². The smallest absolute Gasteiger partial charge is 0.119 e. The number of piperazine rings is 1. The van der Waals surface area contributed by atoms with Crippen LogP contribution in [0.25, 0.3) is 0 Å². The van der Waals surface area contributed by atoms with E-state index >= 15 is 0 Å². The van der Waals surface area contributed by atoms with Crippen molar-refractivity contribution in [2.45, 2.75) is 44.9 Å². The van der Waals surface area contributed by atoms with E-state index in [1.54, 1.807) is 0 Å². The Labute approximate surface area is 133 Å². The fraction of sp³-hybridized carbons (Fsp3) is 0.667. The monoisotopic (exact) mass is 304 g/mol. The summed E-state index contributed by atoms with van der Waals surface area (Å²) in [4.78, 5) is 5.04. The topological polar surface area (TPSA) is 35.9 Å². The molecule has 2 heterocycles. The normalized spacial score (nSPS) is 27.6. The van der Waals surface area contributed by atoms with Crippen LogP contribution in [0.5, 0.6) is 5.75 Å². The summed E-state index contributed by atoms with van der Waals surface area (Å²) >= 11 is 0. The van der Waals surface area contributed by atoms with Crippen LogP contribution in [-0.2, 0) is 0 Å². The third-order valence-corrected chi connectivity index (χ3v) is 4.94. The number of rotatable bonds is 5. The van der Waals surface area contributed by atoms with E-state index in [2.05, 4.69) is 16.7 Å². The van der Waals surface area contributed by atoms with E-state index in [-0.39, 0.29) is 0 Å². The van der Waals surface area contributed by atoms with Crippen molar-refractivity contribution in [2.24, 2.45) is 0 Å². The maximum Gasteiger partial charge on any atom is 0.119 e. The lowest BCUT2D eigenvalue weighted by atomic mass is 10.1. The highest BCUT2D eigenvalue weighted by molar-refractivity contribution is 5.27. The quantitative estimate of drug-likeness (QED) is 0.901. The number of aliphatic hydroxyl groups excluding tert-OH is 1. The van der Waals surface area contributed by atoms with Crippen LogP contribution < -0.4 is 4.74 Å². The van der Waals surface area contributed by atoms with Crippen molar-refractivity contribution >= 4 is 0 Å². The van der Waals surface area contributed by atoms with Crippen molar-refractivity contribution in [3.63, 3.8) is 0 Å². The highest BCUT2D eigenvalue weighted by Crippen LogP contribution is 2.24. The Bertz CT molecular complexity index is 494. The van der Waals surface area contributed by atoms with Gasteiger partial charge in [0, 0.05) is 31.7 Å². The first-order valence-corrected chi connectivity index (χ1v) is 8.47. The molecule has 0 aromatic heterocycles. The van der Waals surface area contributed by atoms with E-state index in [9.17, 15) is 5.11 Å². The van der Waals surface area contributed by atoms with Crippen molar-refractivity contribution in [3.05, 3.63) is 29.8 Å². The minimum absolute atomic E-state index is 0.362. The predicted octanol–water partition coefficient (Wildman–Crippen LogP) is 1.90. The summed E-state index contributed by atoms with van der Waals surface area (Å²) in [6, 6.07) is 9.20. The Kier molecular flexibility index (Phi) is 5.01. The zero-order chi connectivity index (χ0) is 15.5. The number of aliphatic hydroxyl groups is 1. The molecule has 3 atom stereocenters. The minimum Gasteiger partial charge on any atom is -0.491 e. The van der Waals surface area contributed by atoms with Gasteiger partial charge in [0.2, 0.25) is 0 Å². The van der Waals surface area contributed by atoms with Crippen LogP contribution in [0, 0.1) is 6.92 Å². The molecule has 4 heteroatoms. The summed E-state index contributed by atoms with van der Waals surface area (Å²) < 4.78 is 5.72. The Morgan fingerprint density at radius 3 is 3.05 bits per heavy atom. The summed E-state index contributed by atoms with van der Waals surface area (Å²) in [6.07, 6.45) is 2.19. The molecule has 0 radical (unpaired) electrons. The first kappa shape index (κ1) is 15.8. The Hall–Kier alpha value is -1.10. The number of ether oxygens (including phenoxy) is 1. The van der Waals surface area contributed by atoms with Crippen LogP contribution in [0.2, 0.25) is 0 Å². The molecule has 0 unspecified atom stereocenters.